The second-order valence-corrected chi connectivity index (χ2v) is 12.4. The van der Waals surface area contributed by atoms with Crippen LogP contribution in [0.25, 0.3) is 0 Å². The van der Waals surface area contributed by atoms with Crippen LogP contribution in [-0.4, -0.2) is 57.5 Å². The van der Waals surface area contributed by atoms with Gasteiger partial charge in [-0.15, -0.1) is 0 Å². The third-order valence-corrected chi connectivity index (χ3v) is 8.91. The van der Waals surface area contributed by atoms with Gasteiger partial charge in [-0.05, 0) is 31.0 Å². The molecule has 0 aromatic heterocycles. The molecule has 1 fully saturated rings. The summed E-state index contributed by atoms with van der Waals surface area (Å²) in [6.07, 6.45) is 3.48. The van der Waals surface area contributed by atoms with Crippen molar-refractivity contribution < 1.29 is 19.4 Å². The zero-order valence-corrected chi connectivity index (χ0v) is 16.3. The molecule has 22 heavy (non-hydrogen) atoms. The van der Waals surface area contributed by atoms with Crippen LogP contribution in [0.15, 0.2) is 0 Å². The van der Waals surface area contributed by atoms with Gasteiger partial charge < -0.3 is 19.4 Å². The van der Waals surface area contributed by atoms with Crippen LogP contribution in [0.1, 0.15) is 46.5 Å². The van der Waals surface area contributed by atoms with Crippen LogP contribution < -0.4 is 0 Å². The Morgan fingerprint density at radius 2 is 1.91 bits per heavy atom. The number of hydrogen-bond donors (Lipinski definition) is 2. The van der Waals surface area contributed by atoms with E-state index in [2.05, 4.69) is 20.8 Å². The van der Waals surface area contributed by atoms with Crippen molar-refractivity contribution in [3.05, 3.63) is 0 Å². The van der Waals surface area contributed by atoms with Crippen molar-refractivity contribution in [3.8, 4) is 0 Å². The van der Waals surface area contributed by atoms with E-state index in [-0.39, 0.29) is 23.1 Å². The highest BCUT2D eigenvalue weighted by molar-refractivity contribution is 6.72. The van der Waals surface area contributed by atoms with Crippen LogP contribution in [0.3, 0.4) is 0 Å². The fourth-order valence-corrected chi connectivity index (χ4v) is 3.66. The van der Waals surface area contributed by atoms with Gasteiger partial charge in [0.2, 0.25) is 0 Å². The molecule has 1 aliphatic heterocycles. The van der Waals surface area contributed by atoms with E-state index >= 15 is 0 Å². The fraction of sp³-hybridized carbons (Fsp3) is 1.00. The number of aliphatic hydroxyl groups is 1. The van der Waals surface area contributed by atoms with Crippen molar-refractivity contribution in [1.29, 1.82) is 0 Å². The highest BCUT2D eigenvalue weighted by Gasteiger charge is 2.47. The second kappa shape index (κ2) is 8.29. The molecular formula is C16H35BO4Si. The maximum atomic E-state index is 10.6. The highest BCUT2D eigenvalue weighted by atomic mass is 28.4. The lowest BCUT2D eigenvalue weighted by Crippen LogP contribution is -2.43. The number of unbranched alkanes of at least 4 members (excludes halogenated alkanes) is 2. The minimum Gasteiger partial charge on any atom is -0.432 e. The molecule has 2 N–H and O–H groups in total. The predicted octanol–water partition coefficient (Wildman–Crippen LogP) is 1.90. The summed E-state index contributed by atoms with van der Waals surface area (Å²) < 4.78 is 11.6. The van der Waals surface area contributed by atoms with E-state index in [1.54, 1.807) is 0 Å². The average molecular weight is 330 g/mol. The Bertz CT molecular complexity index is 333. The van der Waals surface area contributed by atoms with Crippen molar-refractivity contribution in [2.75, 3.05) is 13.2 Å². The van der Waals surface area contributed by atoms with Crippen LogP contribution in [0.5, 0.6) is 0 Å². The van der Waals surface area contributed by atoms with Crippen LogP contribution in [-0.2, 0) is 9.47 Å². The predicted molar refractivity (Wildman–Crippen MR) is 95.4 cm³/mol. The highest BCUT2D eigenvalue weighted by Crippen LogP contribution is 2.45. The summed E-state index contributed by atoms with van der Waals surface area (Å²) in [6.45, 7) is 11.5. The van der Waals surface area contributed by atoms with Crippen LogP contribution in [0.2, 0.25) is 18.1 Å². The molecule has 0 bridgehead atoms. The zero-order chi connectivity index (χ0) is 17.0. The lowest BCUT2D eigenvalue weighted by molar-refractivity contribution is -0.0319. The zero-order valence-electron chi connectivity index (χ0n) is 15.3. The third-order valence-electron chi connectivity index (χ3n) is 5.39. The minimum atomic E-state index is -2.27. The molecule has 1 heterocycles. The molecule has 4 nitrogen and oxygen atoms in total. The van der Waals surface area contributed by atoms with Gasteiger partial charge in [-0.3, -0.25) is 0 Å². The molecule has 0 aromatic rings. The summed E-state index contributed by atoms with van der Waals surface area (Å²) in [5.74, 6) is 0.0677. The summed E-state index contributed by atoms with van der Waals surface area (Å²) in [5, 5.41) is 10.4. The topological polar surface area (TPSA) is 58.9 Å². The van der Waals surface area contributed by atoms with Crippen molar-refractivity contribution in [1.82, 2.24) is 0 Å². The van der Waals surface area contributed by atoms with Crippen molar-refractivity contribution in [2.24, 2.45) is 5.92 Å². The van der Waals surface area contributed by atoms with Crippen LogP contribution in [0, 0.1) is 5.92 Å². The molecule has 0 aromatic carbocycles. The van der Waals surface area contributed by atoms with Crippen molar-refractivity contribution in [2.45, 2.75) is 82.8 Å². The molecule has 0 radical (unpaired) electrons. The SMILES string of the molecule is BC1OC(COCCCCC)C(O)C1CC(C)(C)[Si](C)(C)O. The van der Waals surface area contributed by atoms with Gasteiger partial charge in [-0.1, -0.05) is 33.6 Å². The van der Waals surface area contributed by atoms with Gasteiger partial charge in [0, 0.05) is 18.5 Å². The average Bonchev–Trinajstić information content (AvgIpc) is 2.65. The lowest BCUT2D eigenvalue weighted by atomic mass is 9.79. The molecule has 1 rings (SSSR count). The first-order chi connectivity index (χ1) is 10.1. The molecule has 4 unspecified atom stereocenters. The number of aliphatic hydroxyl groups excluding tert-OH is 1. The van der Waals surface area contributed by atoms with Gasteiger partial charge >= 0.3 is 0 Å². The molecule has 4 atom stereocenters. The normalized spacial score (nSPS) is 30.0. The molecular weight excluding hydrogens is 295 g/mol. The van der Waals surface area contributed by atoms with Crippen molar-refractivity contribution in [3.63, 3.8) is 0 Å². The van der Waals surface area contributed by atoms with Gasteiger partial charge in [-0.25, -0.2) is 0 Å². The Morgan fingerprint density at radius 3 is 2.45 bits per heavy atom. The number of ether oxygens (including phenoxy) is 2. The first-order valence-electron chi connectivity index (χ1n) is 8.74. The summed E-state index contributed by atoms with van der Waals surface area (Å²) in [5.41, 5.74) is 0. The van der Waals surface area contributed by atoms with E-state index in [9.17, 15) is 9.90 Å². The molecule has 6 heteroatoms. The maximum Gasteiger partial charge on any atom is 0.188 e. The van der Waals surface area contributed by atoms with E-state index in [0.717, 1.165) is 19.4 Å². The van der Waals surface area contributed by atoms with Crippen molar-refractivity contribution >= 4 is 16.2 Å². The van der Waals surface area contributed by atoms with Crippen LogP contribution >= 0.6 is 0 Å². The first kappa shape index (κ1) is 20.2. The Labute approximate surface area is 138 Å². The van der Waals surface area contributed by atoms with E-state index in [0.29, 0.717) is 6.61 Å². The molecule has 1 aliphatic rings. The molecule has 1 saturated heterocycles. The quantitative estimate of drug-likeness (QED) is 0.501. The lowest BCUT2D eigenvalue weighted by Gasteiger charge is -2.38. The van der Waals surface area contributed by atoms with Gasteiger partial charge in [0.15, 0.2) is 8.32 Å². The summed E-state index contributed by atoms with van der Waals surface area (Å²) in [4.78, 5) is 10.5. The first-order valence-corrected chi connectivity index (χ1v) is 11.7. The maximum absolute atomic E-state index is 10.6. The minimum absolute atomic E-state index is 0.00914. The Balaban J connectivity index is 2.50. The Morgan fingerprint density at radius 1 is 1.27 bits per heavy atom. The second-order valence-electron chi connectivity index (χ2n) is 7.96. The van der Waals surface area contributed by atoms with Crippen LogP contribution in [0.4, 0.5) is 0 Å². The van der Waals surface area contributed by atoms with Gasteiger partial charge in [0.1, 0.15) is 14.0 Å². The summed E-state index contributed by atoms with van der Waals surface area (Å²) >= 11 is 0. The number of hydrogen-bond acceptors (Lipinski definition) is 4. The molecule has 130 valence electrons. The monoisotopic (exact) mass is 330 g/mol. The fourth-order valence-electron chi connectivity index (χ4n) is 2.93. The summed E-state index contributed by atoms with van der Waals surface area (Å²) in [7, 11) is -0.251. The van der Waals surface area contributed by atoms with E-state index < -0.39 is 14.4 Å². The van der Waals surface area contributed by atoms with Gasteiger partial charge in [0.05, 0.1) is 12.7 Å². The third kappa shape index (κ3) is 5.34. The Kier molecular flexibility index (Phi) is 7.60. The molecule has 0 spiro atoms. The molecule has 0 saturated carbocycles. The Hall–Kier alpha value is 0.122. The standard InChI is InChI=1S/C16H35BO4Si/c1-6-7-8-9-20-11-13-14(18)12(15(17)21-13)10-16(2,3)22(4,5)19/h12-15,18-19H,6-11,17H2,1-5H3. The van der Waals surface area contributed by atoms with E-state index in [1.807, 2.05) is 20.9 Å². The van der Waals surface area contributed by atoms with E-state index in [1.165, 1.54) is 12.8 Å². The largest absolute Gasteiger partial charge is 0.432 e. The number of rotatable bonds is 9. The van der Waals surface area contributed by atoms with Gasteiger partial charge in [0.25, 0.3) is 0 Å². The smallest absolute Gasteiger partial charge is 0.188 e. The van der Waals surface area contributed by atoms with E-state index in [4.69, 9.17) is 9.47 Å². The molecule has 0 aliphatic carbocycles. The summed E-state index contributed by atoms with van der Waals surface area (Å²) in [6, 6.07) is 0.00914. The van der Waals surface area contributed by atoms with Gasteiger partial charge in [-0.2, -0.15) is 0 Å². The molecule has 0 amide bonds.